The van der Waals surface area contributed by atoms with Gasteiger partial charge in [-0.25, -0.2) is 4.79 Å². The summed E-state index contributed by atoms with van der Waals surface area (Å²) in [5.41, 5.74) is 0.600. The van der Waals surface area contributed by atoms with Crippen LogP contribution < -0.4 is 10.6 Å². The summed E-state index contributed by atoms with van der Waals surface area (Å²) in [6.07, 6.45) is -0.573. The molecule has 0 aliphatic rings. The van der Waals surface area contributed by atoms with Gasteiger partial charge in [0.1, 0.15) is 24.2 Å². The zero-order valence-electron chi connectivity index (χ0n) is 26.4. The van der Waals surface area contributed by atoms with E-state index < -0.39 is 40.8 Å². The number of carbonyl (C=O) groups is 4. The summed E-state index contributed by atoms with van der Waals surface area (Å²) in [5.74, 6) is -1.77. The van der Waals surface area contributed by atoms with Crippen LogP contribution in [0.1, 0.15) is 51.3 Å². The number of hydrogen-bond donors (Lipinski definition) is 2. The van der Waals surface area contributed by atoms with Crippen molar-refractivity contribution in [2.24, 2.45) is 5.41 Å². The van der Waals surface area contributed by atoms with Crippen LogP contribution in [0.4, 0.5) is 4.79 Å². The van der Waals surface area contributed by atoms with Crippen molar-refractivity contribution < 1.29 is 33.4 Å². The van der Waals surface area contributed by atoms with Crippen molar-refractivity contribution >= 4 is 23.8 Å². The summed E-state index contributed by atoms with van der Waals surface area (Å²) in [7, 11) is 1.70. The second kappa shape index (κ2) is 17.6. The molecule has 9 heteroatoms. The molecule has 0 aromatic heterocycles. The highest BCUT2D eigenvalue weighted by atomic mass is 16.6. The molecule has 2 amide bonds. The minimum atomic E-state index is -1.51. The minimum absolute atomic E-state index is 0.0336. The van der Waals surface area contributed by atoms with Crippen LogP contribution >= 0.6 is 0 Å². The number of carbonyl (C=O) groups excluding carboxylic acids is 4. The maximum atomic E-state index is 13.5. The van der Waals surface area contributed by atoms with Crippen LogP contribution in [0.15, 0.2) is 91.0 Å². The molecule has 0 radical (unpaired) electrons. The first-order chi connectivity index (χ1) is 20.8. The van der Waals surface area contributed by atoms with Crippen LogP contribution in [0.2, 0.25) is 0 Å². The van der Waals surface area contributed by atoms with E-state index in [1.54, 1.807) is 27.9 Å². The monoisotopic (exact) mass is 604 g/mol. The number of Topliss-reactive ketones (excluding diaryl/α,β-unsaturated/α-hetero) is 1. The van der Waals surface area contributed by atoms with Gasteiger partial charge in [0.15, 0.2) is 5.78 Å². The number of alkyl carbamates (subject to hydrolysis) is 1. The van der Waals surface area contributed by atoms with Crippen molar-refractivity contribution in [3.8, 4) is 0 Å². The molecule has 0 saturated heterocycles. The molecule has 9 nitrogen and oxygen atoms in total. The number of ketones is 1. The second-order valence-electron chi connectivity index (χ2n) is 11.6. The van der Waals surface area contributed by atoms with Crippen LogP contribution in [-0.4, -0.2) is 49.1 Å². The number of esters is 1. The molecule has 3 aromatic carbocycles. The van der Waals surface area contributed by atoms with Gasteiger partial charge in [-0.1, -0.05) is 91.0 Å². The zero-order chi connectivity index (χ0) is 32.6. The van der Waals surface area contributed by atoms with E-state index in [0.717, 1.165) is 11.1 Å². The Labute approximate surface area is 260 Å². The van der Waals surface area contributed by atoms with E-state index in [-0.39, 0.29) is 19.6 Å². The molecule has 3 rings (SSSR count). The Morgan fingerprint density at radius 3 is 1.66 bits per heavy atom. The average molecular weight is 605 g/mol. The fraction of sp³-hybridized carbons (Fsp3) is 0.371. The third-order valence-electron chi connectivity index (χ3n) is 6.22. The van der Waals surface area contributed by atoms with Crippen molar-refractivity contribution in [2.75, 3.05) is 13.7 Å². The van der Waals surface area contributed by atoms with Gasteiger partial charge in [0, 0.05) is 7.11 Å². The van der Waals surface area contributed by atoms with Crippen molar-refractivity contribution in [3.63, 3.8) is 0 Å². The molecule has 3 aromatic rings. The van der Waals surface area contributed by atoms with E-state index in [2.05, 4.69) is 10.6 Å². The maximum absolute atomic E-state index is 13.5. The molecule has 236 valence electrons. The smallest absolute Gasteiger partial charge is 0.408 e. The molecule has 1 atom stereocenters. The number of nitrogens with one attached hydrogen (secondary N) is 2. The molecule has 0 heterocycles. The minimum Gasteiger partial charge on any atom is -0.460 e. The number of methoxy groups -OCH3 is 1. The highest BCUT2D eigenvalue weighted by Crippen LogP contribution is 2.23. The normalized spacial score (nSPS) is 11.7. The van der Waals surface area contributed by atoms with Gasteiger partial charge in [-0.3, -0.25) is 14.4 Å². The Hall–Kier alpha value is -4.50. The van der Waals surface area contributed by atoms with Gasteiger partial charge in [-0.15, -0.1) is 0 Å². The molecule has 2 N–H and O–H groups in total. The zero-order valence-corrected chi connectivity index (χ0v) is 26.4. The summed E-state index contributed by atoms with van der Waals surface area (Å²) < 4.78 is 15.5. The fourth-order valence-electron chi connectivity index (χ4n) is 3.95. The molecule has 0 aliphatic carbocycles. The number of rotatable bonds is 12. The van der Waals surface area contributed by atoms with Gasteiger partial charge in [0.25, 0.3) is 0 Å². The van der Waals surface area contributed by atoms with Crippen LogP contribution in [0.5, 0.6) is 0 Å². The largest absolute Gasteiger partial charge is 0.460 e. The summed E-state index contributed by atoms with van der Waals surface area (Å²) in [6, 6.07) is 27.4. The lowest BCUT2D eigenvalue weighted by Crippen LogP contribution is -2.52. The maximum Gasteiger partial charge on any atom is 0.408 e. The van der Waals surface area contributed by atoms with Gasteiger partial charge in [-0.05, 0) is 57.7 Å². The number of amides is 2. The Morgan fingerprint density at radius 2 is 1.18 bits per heavy atom. The van der Waals surface area contributed by atoms with E-state index >= 15 is 0 Å². The fourth-order valence-corrected chi connectivity index (χ4v) is 3.95. The lowest BCUT2D eigenvalue weighted by molar-refractivity contribution is -0.160. The molecule has 44 heavy (non-hydrogen) atoms. The Bertz CT molecular complexity index is 1320. The summed E-state index contributed by atoms with van der Waals surface area (Å²) in [6.45, 7) is 8.44. The summed E-state index contributed by atoms with van der Waals surface area (Å²) in [5, 5.41) is 5.02. The molecule has 0 spiro atoms. The molecule has 0 saturated carbocycles. The first kappa shape index (κ1) is 35.7. The Morgan fingerprint density at radius 1 is 0.705 bits per heavy atom. The molecular formula is C35H44N2O7. The molecular weight excluding hydrogens is 560 g/mol. The standard InChI is InChI=1S/C27H34N2O6.C8H10O/c1-26(2,3)35-25(33)28-17-22(30)29-21(16-19-12-8-6-9-13-19)23(31)27(4,5)24(32)34-18-20-14-10-7-11-15-20;1-9-7-8-5-3-2-4-6-8/h6-15,21H,16-18H2,1-5H3,(H,28,33)(H,29,30);2-6H,7H2,1H3. The van der Waals surface area contributed by atoms with Gasteiger partial charge < -0.3 is 24.8 Å². The van der Waals surface area contributed by atoms with Gasteiger partial charge in [0.05, 0.1) is 12.6 Å². The third-order valence-corrected chi connectivity index (χ3v) is 6.22. The van der Waals surface area contributed by atoms with Crippen molar-refractivity contribution in [1.82, 2.24) is 10.6 Å². The van der Waals surface area contributed by atoms with E-state index in [9.17, 15) is 19.2 Å². The van der Waals surface area contributed by atoms with Crippen LogP contribution in [0, 0.1) is 5.41 Å². The second-order valence-corrected chi connectivity index (χ2v) is 11.6. The van der Waals surface area contributed by atoms with Crippen LogP contribution in [0.25, 0.3) is 0 Å². The number of hydrogen-bond acceptors (Lipinski definition) is 7. The van der Waals surface area contributed by atoms with Crippen molar-refractivity contribution in [1.29, 1.82) is 0 Å². The summed E-state index contributed by atoms with van der Waals surface area (Å²) >= 11 is 0. The topological polar surface area (TPSA) is 120 Å². The van der Waals surface area contributed by atoms with Crippen LogP contribution in [-0.2, 0) is 48.2 Å². The lowest BCUT2D eigenvalue weighted by atomic mass is 9.82. The van der Waals surface area contributed by atoms with E-state index in [1.165, 1.54) is 19.4 Å². The average Bonchev–Trinajstić information content (AvgIpc) is 2.99. The first-order valence-electron chi connectivity index (χ1n) is 14.4. The predicted molar refractivity (Wildman–Crippen MR) is 168 cm³/mol. The number of ether oxygens (including phenoxy) is 3. The molecule has 1 unspecified atom stereocenters. The summed E-state index contributed by atoms with van der Waals surface area (Å²) in [4.78, 5) is 50.7. The number of benzene rings is 3. The highest BCUT2D eigenvalue weighted by molar-refractivity contribution is 6.06. The van der Waals surface area contributed by atoms with E-state index in [0.29, 0.717) is 6.61 Å². The van der Waals surface area contributed by atoms with E-state index in [4.69, 9.17) is 14.2 Å². The lowest BCUT2D eigenvalue weighted by Gasteiger charge is -2.27. The van der Waals surface area contributed by atoms with Crippen LogP contribution in [0.3, 0.4) is 0 Å². The van der Waals surface area contributed by atoms with Gasteiger partial charge >= 0.3 is 12.1 Å². The van der Waals surface area contributed by atoms with Crippen molar-refractivity contribution in [3.05, 3.63) is 108 Å². The van der Waals surface area contributed by atoms with Gasteiger partial charge in [0.2, 0.25) is 5.91 Å². The molecule has 0 aliphatic heterocycles. The first-order valence-corrected chi connectivity index (χ1v) is 14.4. The third kappa shape index (κ3) is 13.2. The van der Waals surface area contributed by atoms with Crippen molar-refractivity contribution in [2.45, 2.75) is 65.9 Å². The predicted octanol–water partition coefficient (Wildman–Crippen LogP) is 5.41. The Balaban J connectivity index is 0.000000639. The molecule has 0 fully saturated rings. The molecule has 0 bridgehead atoms. The Kier molecular flexibility index (Phi) is 14.3. The SMILES string of the molecule is CC(C)(C)OC(=O)NCC(=O)NC(Cc1ccccc1)C(=O)C(C)(C)C(=O)OCc1ccccc1.COCc1ccccc1. The quantitative estimate of drug-likeness (QED) is 0.210. The highest BCUT2D eigenvalue weighted by Gasteiger charge is 2.42. The van der Waals surface area contributed by atoms with E-state index in [1.807, 2.05) is 91.0 Å². The van der Waals surface area contributed by atoms with Gasteiger partial charge in [-0.2, -0.15) is 0 Å².